The lowest BCUT2D eigenvalue weighted by Gasteiger charge is -2.20. The van der Waals surface area contributed by atoms with E-state index in [0.29, 0.717) is 18.2 Å². The molecule has 4 heteroatoms. The summed E-state index contributed by atoms with van der Waals surface area (Å²) >= 11 is 0. The Bertz CT molecular complexity index is 384. The van der Waals surface area contributed by atoms with Crippen molar-refractivity contribution in [3.63, 3.8) is 0 Å². The zero-order valence-electron chi connectivity index (χ0n) is 12.7. The smallest absolute Gasteiger partial charge is 0.325 e. The molecule has 1 atom stereocenters. The van der Waals surface area contributed by atoms with Gasteiger partial charge in [0.1, 0.15) is 6.54 Å². The van der Waals surface area contributed by atoms with Gasteiger partial charge in [-0.15, -0.1) is 0 Å². The van der Waals surface area contributed by atoms with Crippen molar-refractivity contribution >= 4 is 11.7 Å². The number of rotatable bonds is 8. The highest BCUT2D eigenvalue weighted by molar-refractivity contribution is 5.96. The van der Waals surface area contributed by atoms with Crippen LogP contribution in [0.5, 0.6) is 0 Å². The molecule has 0 aromatic rings. The lowest BCUT2D eigenvalue weighted by molar-refractivity contribution is -0.141. The minimum atomic E-state index is -0.299. The maximum Gasteiger partial charge on any atom is 0.325 e. The van der Waals surface area contributed by atoms with Gasteiger partial charge in [-0.05, 0) is 44.3 Å². The zero-order valence-corrected chi connectivity index (χ0v) is 12.7. The Kier molecular flexibility index (Phi) is 7.80. The second-order valence-electron chi connectivity index (χ2n) is 4.62. The van der Waals surface area contributed by atoms with Crippen LogP contribution in [0.25, 0.3) is 0 Å². The highest BCUT2D eigenvalue weighted by Crippen LogP contribution is 2.21. The second kappa shape index (κ2) is 8.51. The molecule has 0 rings (SSSR count). The first-order valence-electron chi connectivity index (χ1n) is 6.70. The van der Waals surface area contributed by atoms with E-state index in [0.717, 1.165) is 23.3 Å². The first-order valence-corrected chi connectivity index (χ1v) is 6.70. The molecule has 0 heterocycles. The first kappa shape index (κ1) is 17.4. The maximum absolute atomic E-state index is 11.4. The number of carbonyl (C=O) groups excluding carboxylic acids is 1. The van der Waals surface area contributed by atoms with Gasteiger partial charge in [-0.1, -0.05) is 20.4 Å². The Morgan fingerprint density at radius 1 is 1.37 bits per heavy atom. The van der Waals surface area contributed by atoms with Crippen molar-refractivity contribution in [2.45, 2.75) is 41.0 Å². The van der Waals surface area contributed by atoms with Gasteiger partial charge in [0, 0.05) is 11.4 Å². The molecule has 0 fully saturated rings. The molecule has 0 aliphatic carbocycles. The van der Waals surface area contributed by atoms with Gasteiger partial charge in [0.15, 0.2) is 0 Å². The molecular weight excluding hydrogens is 240 g/mol. The number of carbonyl (C=O) groups is 1. The predicted octanol–water partition coefficient (Wildman–Crippen LogP) is 3.06. The van der Waals surface area contributed by atoms with E-state index in [1.54, 1.807) is 13.8 Å². The van der Waals surface area contributed by atoms with E-state index in [1.165, 1.54) is 0 Å². The quantitative estimate of drug-likeness (QED) is 0.403. The summed E-state index contributed by atoms with van der Waals surface area (Å²) in [5, 5.41) is 10.8. The fourth-order valence-electron chi connectivity index (χ4n) is 1.54. The summed E-state index contributed by atoms with van der Waals surface area (Å²) in [6, 6.07) is 0. The standard InChI is InChI=1S/C15H26N2O2/c1-7-10(3)11(4)15(12(5)13(6)16)17-9-14(18)19-8-2/h10,16-17H,4,7-9H2,1-3,5-6H3/b15-12-,16-13?. The third kappa shape index (κ3) is 5.73. The normalized spacial score (nSPS) is 13.3. The molecule has 0 aliphatic heterocycles. The topological polar surface area (TPSA) is 62.2 Å². The lowest BCUT2D eigenvalue weighted by Crippen LogP contribution is -2.27. The molecule has 0 spiro atoms. The fraction of sp³-hybridized carbons (Fsp3) is 0.600. The van der Waals surface area contributed by atoms with Crippen LogP contribution in [-0.2, 0) is 9.53 Å². The lowest BCUT2D eigenvalue weighted by atomic mass is 9.93. The molecule has 0 saturated heterocycles. The molecule has 0 aromatic heterocycles. The van der Waals surface area contributed by atoms with Gasteiger partial charge in [0.25, 0.3) is 0 Å². The third-order valence-corrected chi connectivity index (χ3v) is 3.18. The number of ether oxygens (including phenoxy) is 1. The Labute approximate surface area is 116 Å². The van der Waals surface area contributed by atoms with E-state index in [4.69, 9.17) is 10.1 Å². The molecule has 0 saturated carbocycles. The molecule has 19 heavy (non-hydrogen) atoms. The van der Waals surface area contributed by atoms with Gasteiger partial charge in [0.05, 0.1) is 6.61 Å². The van der Waals surface area contributed by atoms with Gasteiger partial charge in [0.2, 0.25) is 0 Å². The summed E-state index contributed by atoms with van der Waals surface area (Å²) in [6.07, 6.45) is 0.966. The van der Waals surface area contributed by atoms with Crippen molar-refractivity contribution in [2.75, 3.05) is 13.2 Å². The Balaban J connectivity index is 5.01. The van der Waals surface area contributed by atoms with Crippen molar-refractivity contribution in [2.24, 2.45) is 5.92 Å². The van der Waals surface area contributed by atoms with Gasteiger partial charge in [-0.2, -0.15) is 0 Å². The number of hydrogen-bond donors (Lipinski definition) is 2. The van der Waals surface area contributed by atoms with Crippen LogP contribution in [-0.4, -0.2) is 24.8 Å². The summed E-state index contributed by atoms with van der Waals surface area (Å²) in [5.74, 6) is 0.00591. The summed E-state index contributed by atoms with van der Waals surface area (Å²) in [5.41, 5.74) is 3.00. The van der Waals surface area contributed by atoms with Crippen molar-refractivity contribution in [3.8, 4) is 0 Å². The van der Waals surface area contributed by atoms with Gasteiger partial charge >= 0.3 is 5.97 Å². The van der Waals surface area contributed by atoms with E-state index in [9.17, 15) is 4.79 Å². The highest BCUT2D eigenvalue weighted by Gasteiger charge is 2.14. The zero-order chi connectivity index (χ0) is 15.0. The minimum absolute atomic E-state index is 0.100. The maximum atomic E-state index is 11.4. The summed E-state index contributed by atoms with van der Waals surface area (Å²) < 4.78 is 4.89. The van der Waals surface area contributed by atoms with Crippen LogP contribution in [0.4, 0.5) is 0 Å². The van der Waals surface area contributed by atoms with Crippen LogP contribution in [0.3, 0.4) is 0 Å². The minimum Gasteiger partial charge on any atom is -0.465 e. The molecule has 108 valence electrons. The van der Waals surface area contributed by atoms with Crippen molar-refractivity contribution in [3.05, 3.63) is 23.4 Å². The highest BCUT2D eigenvalue weighted by atomic mass is 16.5. The average molecular weight is 266 g/mol. The summed E-state index contributed by atoms with van der Waals surface area (Å²) in [7, 11) is 0. The molecule has 1 unspecified atom stereocenters. The van der Waals surface area contributed by atoms with Gasteiger partial charge in [-0.3, -0.25) is 4.79 Å². The van der Waals surface area contributed by atoms with Crippen LogP contribution < -0.4 is 5.32 Å². The largest absolute Gasteiger partial charge is 0.465 e. The van der Waals surface area contributed by atoms with Crippen LogP contribution in [0, 0.1) is 11.3 Å². The van der Waals surface area contributed by atoms with Crippen LogP contribution in [0.1, 0.15) is 41.0 Å². The van der Waals surface area contributed by atoms with E-state index >= 15 is 0 Å². The molecule has 0 bridgehead atoms. The number of allylic oxidation sites excluding steroid dienone is 2. The number of esters is 1. The molecule has 4 nitrogen and oxygen atoms in total. The number of nitrogens with one attached hydrogen (secondary N) is 2. The van der Waals surface area contributed by atoms with E-state index in [-0.39, 0.29) is 12.5 Å². The molecule has 2 N–H and O–H groups in total. The monoisotopic (exact) mass is 266 g/mol. The Morgan fingerprint density at radius 2 is 1.95 bits per heavy atom. The third-order valence-electron chi connectivity index (χ3n) is 3.18. The van der Waals surface area contributed by atoms with Gasteiger partial charge < -0.3 is 15.5 Å². The van der Waals surface area contributed by atoms with Crippen LogP contribution in [0.2, 0.25) is 0 Å². The van der Waals surface area contributed by atoms with Crippen LogP contribution >= 0.6 is 0 Å². The Morgan fingerprint density at radius 3 is 2.37 bits per heavy atom. The first-order chi connectivity index (χ1) is 8.84. The van der Waals surface area contributed by atoms with Crippen molar-refractivity contribution < 1.29 is 9.53 Å². The van der Waals surface area contributed by atoms with E-state index in [1.807, 2.05) is 6.92 Å². The molecule has 0 aliphatic rings. The van der Waals surface area contributed by atoms with Crippen molar-refractivity contribution in [1.29, 1.82) is 5.41 Å². The Hall–Kier alpha value is -1.58. The molecule has 0 aromatic carbocycles. The summed E-state index contributed by atoms with van der Waals surface area (Å²) in [6.45, 7) is 14.1. The molecule has 0 amide bonds. The van der Waals surface area contributed by atoms with Gasteiger partial charge in [-0.25, -0.2) is 0 Å². The molecular formula is C15H26N2O2. The van der Waals surface area contributed by atoms with E-state index < -0.39 is 0 Å². The average Bonchev–Trinajstić information content (AvgIpc) is 2.37. The number of hydrogen-bond acceptors (Lipinski definition) is 4. The van der Waals surface area contributed by atoms with Crippen LogP contribution in [0.15, 0.2) is 23.4 Å². The molecule has 0 radical (unpaired) electrons. The van der Waals surface area contributed by atoms with E-state index in [2.05, 4.69) is 25.7 Å². The summed E-state index contributed by atoms with van der Waals surface area (Å²) in [4.78, 5) is 11.4. The SMILES string of the molecule is C=C(/C(NCC(=O)OCC)=C(\C)C(C)=N)C(C)CC. The van der Waals surface area contributed by atoms with Crippen molar-refractivity contribution in [1.82, 2.24) is 5.32 Å². The second-order valence-corrected chi connectivity index (χ2v) is 4.62. The predicted molar refractivity (Wildman–Crippen MR) is 79.3 cm³/mol. The fourth-order valence-corrected chi connectivity index (χ4v) is 1.54.